The maximum Gasteiger partial charge on any atom is -0.0470 e. The van der Waals surface area contributed by atoms with Crippen molar-refractivity contribution in [2.24, 2.45) is 0 Å². The van der Waals surface area contributed by atoms with Crippen molar-refractivity contribution < 1.29 is 0 Å². The molecule has 0 radical (unpaired) electrons. The molecule has 14 heavy (non-hydrogen) atoms. The summed E-state index contributed by atoms with van der Waals surface area (Å²) in [6, 6.07) is 0. The summed E-state index contributed by atoms with van der Waals surface area (Å²) < 4.78 is 0. The molecule has 0 heteroatoms. The molecule has 0 amide bonds. The molecule has 0 N–H and O–H groups in total. The highest BCUT2D eigenvalue weighted by Gasteiger charge is 1.35. The minimum Gasteiger partial charge on any atom is -0.103 e. The Balaban J connectivity index is -0.0000000249. The highest BCUT2D eigenvalue weighted by Crippen LogP contribution is 1.57. The van der Waals surface area contributed by atoms with Gasteiger partial charge in [0.05, 0.1) is 0 Å². The quantitative estimate of drug-likeness (QED) is 0.408. The van der Waals surface area contributed by atoms with E-state index in [1.165, 1.54) is 6.42 Å². The van der Waals surface area contributed by atoms with Crippen LogP contribution in [0.1, 0.15) is 68.7 Å². The van der Waals surface area contributed by atoms with Gasteiger partial charge in [0, 0.05) is 0 Å². The van der Waals surface area contributed by atoms with Gasteiger partial charge in [-0.25, -0.2) is 0 Å². The molecule has 0 rings (SSSR count). The molecule has 0 fully saturated rings. The first-order valence-electron chi connectivity index (χ1n) is 5.89. The summed E-state index contributed by atoms with van der Waals surface area (Å²) in [5.74, 6) is 0. The standard InChI is InChI=1S/C4H8.C3H8.C3H6.2C2H6/c1-3-4-2;2*1-3-2;2*1-2/h3-4H,1-2H3;3H2,1-2H3;3H,1H2,2H3;2*1-2H3. The molecule has 0 atom stereocenters. The molecule has 0 aliphatic heterocycles. The van der Waals surface area contributed by atoms with Crippen LogP contribution in [0.2, 0.25) is 0 Å². The lowest BCUT2D eigenvalue weighted by Gasteiger charge is -1.49. The summed E-state index contributed by atoms with van der Waals surface area (Å²) in [6.45, 7) is 21.5. The van der Waals surface area contributed by atoms with Crippen LogP contribution in [0.5, 0.6) is 0 Å². The van der Waals surface area contributed by atoms with Crippen molar-refractivity contribution in [3.05, 3.63) is 24.8 Å². The molecule has 0 nitrogen and oxygen atoms in total. The zero-order valence-electron chi connectivity index (χ0n) is 12.1. The van der Waals surface area contributed by atoms with E-state index >= 15 is 0 Å². The topological polar surface area (TPSA) is 0 Å². The van der Waals surface area contributed by atoms with Crippen molar-refractivity contribution in [2.75, 3.05) is 0 Å². The minimum atomic E-state index is 1.25. The van der Waals surface area contributed by atoms with E-state index < -0.39 is 0 Å². The van der Waals surface area contributed by atoms with Gasteiger partial charge in [0.15, 0.2) is 0 Å². The van der Waals surface area contributed by atoms with Gasteiger partial charge in [0.2, 0.25) is 0 Å². The van der Waals surface area contributed by atoms with Crippen molar-refractivity contribution in [1.82, 2.24) is 0 Å². The Bertz CT molecular complexity index is 47.1. The van der Waals surface area contributed by atoms with Gasteiger partial charge in [-0.3, -0.25) is 0 Å². The van der Waals surface area contributed by atoms with Crippen molar-refractivity contribution >= 4 is 0 Å². The number of hydrogen-bond donors (Lipinski definition) is 0. The van der Waals surface area contributed by atoms with Gasteiger partial charge < -0.3 is 0 Å². The van der Waals surface area contributed by atoms with Gasteiger partial charge in [-0.2, -0.15) is 0 Å². The third kappa shape index (κ3) is 5470. The maximum atomic E-state index is 3.36. The first-order chi connectivity index (χ1) is 6.74. The Hall–Kier alpha value is -0.520. The van der Waals surface area contributed by atoms with Crippen LogP contribution in [-0.4, -0.2) is 0 Å². The Morgan fingerprint density at radius 1 is 0.786 bits per heavy atom. The molecular formula is C14H34. The summed E-state index contributed by atoms with van der Waals surface area (Å²) in [5, 5.41) is 0. The molecule has 0 aromatic carbocycles. The van der Waals surface area contributed by atoms with E-state index in [-0.39, 0.29) is 0 Å². The molecule has 0 saturated carbocycles. The number of allylic oxidation sites excluding steroid dienone is 3. The fraction of sp³-hybridized carbons (Fsp3) is 0.714. The second-order valence-corrected chi connectivity index (χ2v) is 1.78. The summed E-state index contributed by atoms with van der Waals surface area (Å²) >= 11 is 0. The van der Waals surface area contributed by atoms with E-state index in [1.807, 2.05) is 60.6 Å². The smallest absolute Gasteiger partial charge is 0.0470 e. The van der Waals surface area contributed by atoms with E-state index in [0.29, 0.717) is 0 Å². The lowest BCUT2D eigenvalue weighted by atomic mass is 10.6. The van der Waals surface area contributed by atoms with Crippen LogP contribution >= 0.6 is 0 Å². The SMILES string of the molecule is C=CC.CC.CC.CC=CC.CCC. The fourth-order valence-corrected chi connectivity index (χ4v) is 0. The average Bonchev–Trinajstić information content (AvgIpc) is 2.26. The summed E-state index contributed by atoms with van der Waals surface area (Å²) in [4.78, 5) is 0. The first-order valence-corrected chi connectivity index (χ1v) is 5.89. The van der Waals surface area contributed by atoms with Gasteiger partial charge in [-0.1, -0.05) is 66.2 Å². The highest BCUT2D eigenvalue weighted by atomic mass is 13.4. The molecule has 0 aromatic rings. The minimum absolute atomic E-state index is 1.25. The third-order valence-corrected chi connectivity index (χ3v) is 0.333. The van der Waals surface area contributed by atoms with Crippen molar-refractivity contribution in [3.63, 3.8) is 0 Å². The van der Waals surface area contributed by atoms with Crippen LogP contribution < -0.4 is 0 Å². The van der Waals surface area contributed by atoms with Crippen LogP contribution in [0, 0.1) is 0 Å². The second-order valence-electron chi connectivity index (χ2n) is 1.78. The van der Waals surface area contributed by atoms with Gasteiger partial charge >= 0.3 is 0 Å². The average molecular weight is 202 g/mol. The Morgan fingerprint density at radius 2 is 0.857 bits per heavy atom. The largest absolute Gasteiger partial charge is 0.103 e. The molecule has 90 valence electrons. The van der Waals surface area contributed by atoms with E-state index in [0.717, 1.165) is 0 Å². The van der Waals surface area contributed by atoms with Gasteiger partial charge in [-0.15, -0.1) is 6.58 Å². The fourth-order valence-electron chi connectivity index (χ4n) is 0. The van der Waals surface area contributed by atoms with Crippen molar-refractivity contribution in [3.8, 4) is 0 Å². The zero-order valence-corrected chi connectivity index (χ0v) is 12.1. The second kappa shape index (κ2) is 136. The zero-order chi connectivity index (χ0) is 12.8. The Morgan fingerprint density at radius 3 is 0.857 bits per heavy atom. The van der Waals surface area contributed by atoms with Crippen LogP contribution in [0.25, 0.3) is 0 Å². The van der Waals surface area contributed by atoms with Crippen LogP contribution in [0.4, 0.5) is 0 Å². The van der Waals surface area contributed by atoms with Gasteiger partial charge in [0.1, 0.15) is 0 Å². The molecule has 0 aromatic heterocycles. The van der Waals surface area contributed by atoms with Crippen LogP contribution in [-0.2, 0) is 0 Å². The Labute approximate surface area is 94.1 Å². The monoisotopic (exact) mass is 202 g/mol. The van der Waals surface area contributed by atoms with E-state index in [1.54, 1.807) is 6.08 Å². The molecular weight excluding hydrogens is 168 g/mol. The van der Waals surface area contributed by atoms with Gasteiger partial charge in [0.25, 0.3) is 0 Å². The molecule has 0 unspecified atom stereocenters. The highest BCUT2D eigenvalue weighted by molar-refractivity contribution is 4.68. The van der Waals surface area contributed by atoms with Crippen molar-refractivity contribution in [1.29, 1.82) is 0 Å². The predicted octanol–water partition coefficient (Wildman–Crippen LogP) is 6.24. The van der Waals surface area contributed by atoms with Gasteiger partial charge in [-0.05, 0) is 20.8 Å². The number of hydrogen-bond acceptors (Lipinski definition) is 0. The lowest BCUT2D eigenvalue weighted by Crippen LogP contribution is -1.27. The Kier molecular flexibility index (Phi) is 283. The molecule has 0 saturated heterocycles. The van der Waals surface area contributed by atoms with Crippen LogP contribution in [0.3, 0.4) is 0 Å². The normalized spacial score (nSPS) is 5.79. The van der Waals surface area contributed by atoms with E-state index in [2.05, 4.69) is 20.4 Å². The molecule has 0 bridgehead atoms. The summed E-state index contributed by atoms with van der Waals surface area (Å²) in [6.07, 6.45) is 7.00. The maximum absolute atomic E-state index is 3.36. The summed E-state index contributed by atoms with van der Waals surface area (Å²) in [5.41, 5.74) is 0. The molecule has 0 aliphatic rings. The lowest BCUT2D eigenvalue weighted by molar-refractivity contribution is 1.09. The van der Waals surface area contributed by atoms with E-state index in [4.69, 9.17) is 0 Å². The van der Waals surface area contributed by atoms with Crippen LogP contribution in [0.15, 0.2) is 24.8 Å². The predicted molar refractivity (Wildman–Crippen MR) is 75.0 cm³/mol. The first kappa shape index (κ1) is 29.2. The molecule has 0 heterocycles. The van der Waals surface area contributed by atoms with Crippen molar-refractivity contribution in [2.45, 2.75) is 68.7 Å². The molecule has 0 aliphatic carbocycles. The van der Waals surface area contributed by atoms with E-state index in [9.17, 15) is 0 Å². The molecule has 0 spiro atoms. The number of rotatable bonds is 0. The summed E-state index contributed by atoms with van der Waals surface area (Å²) in [7, 11) is 0. The third-order valence-electron chi connectivity index (χ3n) is 0.333.